The van der Waals surface area contributed by atoms with Crippen LogP contribution in [-0.4, -0.2) is 9.38 Å². The first kappa shape index (κ1) is 6.97. The molecule has 0 saturated carbocycles. The van der Waals surface area contributed by atoms with Crippen molar-refractivity contribution in [2.75, 3.05) is 11.5 Å². The van der Waals surface area contributed by atoms with Crippen LogP contribution >= 0.6 is 0 Å². The maximum atomic E-state index is 5.81. The zero-order valence-electron chi connectivity index (χ0n) is 6.78. The van der Waals surface area contributed by atoms with Crippen molar-refractivity contribution < 1.29 is 0 Å². The summed E-state index contributed by atoms with van der Waals surface area (Å²) in [4.78, 5) is 3.96. The Morgan fingerprint density at radius 2 is 2.08 bits per heavy atom. The van der Waals surface area contributed by atoms with Crippen molar-refractivity contribution in [2.45, 2.75) is 6.92 Å². The van der Waals surface area contributed by atoms with Crippen LogP contribution in [0.25, 0.3) is 5.52 Å². The number of hydrogen-bond acceptors (Lipinski definition) is 3. The first-order chi connectivity index (χ1) is 5.70. The largest absolute Gasteiger partial charge is 0.385 e. The zero-order valence-corrected chi connectivity index (χ0v) is 6.78. The second-order valence-electron chi connectivity index (χ2n) is 2.78. The van der Waals surface area contributed by atoms with E-state index in [1.54, 1.807) is 10.6 Å². The maximum Gasteiger partial charge on any atom is 0.206 e. The van der Waals surface area contributed by atoms with Crippen LogP contribution in [0.15, 0.2) is 18.3 Å². The Morgan fingerprint density at radius 3 is 2.83 bits per heavy atom. The second-order valence-corrected chi connectivity index (χ2v) is 2.78. The van der Waals surface area contributed by atoms with Gasteiger partial charge in [-0.3, -0.25) is 4.40 Å². The molecule has 0 unspecified atom stereocenters. The topological polar surface area (TPSA) is 69.3 Å². The minimum Gasteiger partial charge on any atom is -0.385 e. The minimum absolute atomic E-state index is 0.436. The number of nitrogens with zero attached hydrogens (tertiary/aromatic N) is 2. The summed E-state index contributed by atoms with van der Waals surface area (Å²) in [6.45, 7) is 1.94. The van der Waals surface area contributed by atoms with Gasteiger partial charge in [-0.25, -0.2) is 4.98 Å². The number of hydrogen-bond donors (Lipinski definition) is 2. The number of nitrogens with two attached hydrogens (primary N) is 2. The standard InChI is InChI=1S/C8H10N4/c1-5-2-3-6-4-11-8(10)12(6)7(5)9/h2-4H,9H2,1H3,(H2,10,11). The lowest BCUT2D eigenvalue weighted by Gasteiger charge is -2.03. The van der Waals surface area contributed by atoms with Crippen LogP contribution in [0.3, 0.4) is 0 Å². The Balaban J connectivity index is 2.96. The van der Waals surface area contributed by atoms with Crippen molar-refractivity contribution in [1.82, 2.24) is 9.38 Å². The molecule has 0 radical (unpaired) electrons. The van der Waals surface area contributed by atoms with Gasteiger partial charge in [0.15, 0.2) is 0 Å². The van der Waals surface area contributed by atoms with E-state index < -0.39 is 0 Å². The highest BCUT2D eigenvalue weighted by Gasteiger charge is 2.03. The molecule has 0 aromatic carbocycles. The summed E-state index contributed by atoms with van der Waals surface area (Å²) in [5, 5.41) is 0. The molecule has 0 aliphatic heterocycles. The highest BCUT2D eigenvalue weighted by atomic mass is 15.1. The third kappa shape index (κ3) is 0.747. The van der Waals surface area contributed by atoms with Gasteiger partial charge in [0.25, 0.3) is 0 Å². The van der Waals surface area contributed by atoms with Gasteiger partial charge in [-0.1, -0.05) is 6.07 Å². The molecule has 4 heteroatoms. The molecule has 0 spiro atoms. The van der Waals surface area contributed by atoms with Gasteiger partial charge in [0.1, 0.15) is 5.82 Å². The number of pyridine rings is 1. The normalized spacial score (nSPS) is 10.8. The summed E-state index contributed by atoms with van der Waals surface area (Å²) < 4.78 is 1.73. The van der Waals surface area contributed by atoms with Gasteiger partial charge in [0, 0.05) is 0 Å². The predicted octanol–water partition coefficient (Wildman–Crippen LogP) is 0.807. The van der Waals surface area contributed by atoms with E-state index in [-0.39, 0.29) is 0 Å². The van der Waals surface area contributed by atoms with E-state index in [0.29, 0.717) is 11.8 Å². The molecule has 0 aliphatic carbocycles. The Labute approximate surface area is 69.8 Å². The molecule has 4 nitrogen and oxygen atoms in total. The van der Waals surface area contributed by atoms with Gasteiger partial charge in [-0.2, -0.15) is 0 Å². The number of imidazole rings is 1. The average Bonchev–Trinajstić information content (AvgIpc) is 2.41. The highest BCUT2D eigenvalue weighted by Crippen LogP contribution is 2.17. The van der Waals surface area contributed by atoms with Crippen LogP contribution in [-0.2, 0) is 0 Å². The fraction of sp³-hybridized carbons (Fsp3) is 0.125. The number of fused-ring (bicyclic) bond motifs is 1. The van der Waals surface area contributed by atoms with Crippen molar-refractivity contribution in [3.8, 4) is 0 Å². The fourth-order valence-corrected chi connectivity index (χ4v) is 1.23. The zero-order chi connectivity index (χ0) is 8.72. The summed E-state index contributed by atoms with van der Waals surface area (Å²) in [6.07, 6.45) is 1.70. The Bertz CT molecular complexity index is 430. The Morgan fingerprint density at radius 1 is 1.33 bits per heavy atom. The summed E-state index contributed by atoms with van der Waals surface area (Å²) in [6, 6.07) is 3.89. The van der Waals surface area contributed by atoms with Gasteiger partial charge < -0.3 is 11.5 Å². The van der Waals surface area contributed by atoms with Crippen molar-refractivity contribution in [1.29, 1.82) is 0 Å². The molecule has 2 aromatic heterocycles. The third-order valence-corrected chi connectivity index (χ3v) is 1.97. The summed E-state index contributed by atoms with van der Waals surface area (Å²) in [5.74, 6) is 1.09. The van der Waals surface area contributed by atoms with Crippen molar-refractivity contribution in [3.05, 3.63) is 23.9 Å². The first-order valence-corrected chi connectivity index (χ1v) is 3.68. The van der Waals surface area contributed by atoms with Crippen LogP contribution < -0.4 is 11.5 Å². The van der Waals surface area contributed by atoms with Gasteiger partial charge in [0.2, 0.25) is 5.95 Å². The van der Waals surface area contributed by atoms with E-state index in [0.717, 1.165) is 11.1 Å². The summed E-state index contributed by atoms with van der Waals surface area (Å²) in [5.41, 5.74) is 13.4. The molecular weight excluding hydrogens is 152 g/mol. The van der Waals surface area contributed by atoms with Gasteiger partial charge in [-0.05, 0) is 18.6 Å². The quantitative estimate of drug-likeness (QED) is 0.602. The Hall–Kier alpha value is -1.71. The lowest BCUT2D eigenvalue weighted by molar-refractivity contribution is 1.16. The molecule has 0 atom stereocenters. The van der Waals surface area contributed by atoms with Crippen molar-refractivity contribution in [2.24, 2.45) is 0 Å². The van der Waals surface area contributed by atoms with Crippen LogP contribution in [0.4, 0.5) is 11.8 Å². The third-order valence-electron chi connectivity index (χ3n) is 1.97. The SMILES string of the molecule is Cc1ccc2cnc(N)n2c1N. The van der Waals surface area contributed by atoms with E-state index in [4.69, 9.17) is 11.5 Å². The predicted molar refractivity (Wildman–Crippen MR) is 48.8 cm³/mol. The number of aromatic nitrogens is 2. The van der Waals surface area contributed by atoms with Crippen LogP contribution in [0.1, 0.15) is 5.56 Å². The lowest BCUT2D eigenvalue weighted by Crippen LogP contribution is -2.02. The van der Waals surface area contributed by atoms with E-state index in [1.807, 2.05) is 19.1 Å². The lowest BCUT2D eigenvalue weighted by atomic mass is 10.3. The molecule has 62 valence electrons. The first-order valence-electron chi connectivity index (χ1n) is 3.68. The number of anilines is 2. The number of aryl methyl sites for hydroxylation is 1. The highest BCUT2D eigenvalue weighted by molar-refractivity contribution is 5.60. The molecule has 2 rings (SSSR count). The summed E-state index contributed by atoms with van der Waals surface area (Å²) >= 11 is 0. The van der Waals surface area contributed by atoms with Crippen LogP contribution in [0.5, 0.6) is 0 Å². The molecule has 2 heterocycles. The van der Waals surface area contributed by atoms with Gasteiger partial charge >= 0.3 is 0 Å². The van der Waals surface area contributed by atoms with Crippen molar-refractivity contribution in [3.63, 3.8) is 0 Å². The smallest absolute Gasteiger partial charge is 0.206 e. The number of nitrogen functional groups attached to an aromatic ring is 2. The number of rotatable bonds is 0. The average molecular weight is 162 g/mol. The molecule has 0 amide bonds. The van der Waals surface area contributed by atoms with Crippen LogP contribution in [0.2, 0.25) is 0 Å². The second kappa shape index (κ2) is 2.14. The molecule has 0 aliphatic rings. The molecule has 12 heavy (non-hydrogen) atoms. The van der Waals surface area contributed by atoms with E-state index in [9.17, 15) is 0 Å². The molecule has 2 aromatic rings. The molecular formula is C8H10N4. The fourth-order valence-electron chi connectivity index (χ4n) is 1.23. The van der Waals surface area contributed by atoms with E-state index in [2.05, 4.69) is 4.98 Å². The maximum absolute atomic E-state index is 5.81. The van der Waals surface area contributed by atoms with Crippen molar-refractivity contribution >= 4 is 17.3 Å². The summed E-state index contributed by atoms with van der Waals surface area (Å²) in [7, 11) is 0. The monoisotopic (exact) mass is 162 g/mol. The van der Waals surface area contributed by atoms with Crippen LogP contribution in [0, 0.1) is 6.92 Å². The molecule has 0 saturated heterocycles. The Kier molecular flexibility index (Phi) is 1.24. The van der Waals surface area contributed by atoms with Gasteiger partial charge in [-0.15, -0.1) is 0 Å². The molecule has 0 bridgehead atoms. The molecule has 0 fully saturated rings. The molecule has 4 N–H and O–H groups in total. The van der Waals surface area contributed by atoms with E-state index >= 15 is 0 Å². The minimum atomic E-state index is 0.436. The van der Waals surface area contributed by atoms with E-state index in [1.165, 1.54) is 0 Å². The van der Waals surface area contributed by atoms with Gasteiger partial charge in [0.05, 0.1) is 11.7 Å².